The van der Waals surface area contributed by atoms with Gasteiger partial charge in [0.25, 0.3) is 0 Å². The summed E-state index contributed by atoms with van der Waals surface area (Å²) in [5, 5.41) is 0. The number of hydrogen-bond acceptors (Lipinski definition) is 1. The molecule has 0 amide bonds. The smallest absolute Gasteiger partial charge is 0.0297 e. The Kier molecular flexibility index (Phi) is 3.48. The maximum absolute atomic E-state index is 5.80. The van der Waals surface area contributed by atoms with Crippen molar-refractivity contribution in [3.05, 3.63) is 29.3 Å². The molecule has 0 radical (unpaired) electrons. The first-order valence-electron chi connectivity index (χ1n) is 4.05. The van der Waals surface area contributed by atoms with Crippen LogP contribution < -0.4 is 0 Å². The van der Waals surface area contributed by atoms with Crippen LogP contribution in [0.4, 0.5) is 0 Å². The van der Waals surface area contributed by atoms with Gasteiger partial charge in [0.1, 0.15) is 0 Å². The van der Waals surface area contributed by atoms with Crippen molar-refractivity contribution in [3.8, 4) is 0 Å². The monoisotopic (exact) mass is 200 g/mol. The predicted molar refractivity (Wildman–Crippen MR) is 57.0 cm³/mol. The molecule has 0 nitrogen and oxygen atoms in total. The lowest BCUT2D eigenvalue weighted by Gasteiger charge is -2.11. The molecular formula is C10H13ClS. The zero-order valence-corrected chi connectivity index (χ0v) is 9.17. The molecule has 1 rings (SSSR count). The molecule has 0 atom stereocenters. The Morgan fingerprint density at radius 2 is 2.00 bits per heavy atom. The number of hydrogen-bond donors (Lipinski definition) is 0. The fourth-order valence-electron chi connectivity index (χ4n) is 1.24. The number of aryl methyl sites for hydroxylation is 1. The summed E-state index contributed by atoms with van der Waals surface area (Å²) < 4.78 is 0. The van der Waals surface area contributed by atoms with Crippen molar-refractivity contribution in [2.24, 2.45) is 0 Å². The van der Waals surface area contributed by atoms with E-state index in [2.05, 4.69) is 39.0 Å². The molecule has 0 saturated heterocycles. The largest absolute Gasteiger partial charge is 0.0616 e. The summed E-state index contributed by atoms with van der Waals surface area (Å²) in [5.41, 5.74) is 2.61. The van der Waals surface area contributed by atoms with E-state index in [-0.39, 0.29) is 0 Å². The summed E-state index contributed by atoms with van der Waals surface area (Å²) in [6.45, 7) is 6.47. The van der Waals surface area contributed by atoms with Gasteiger partial charge in [-0.25, -0.2) is 0 Å². The summed E-state index contributed by atoms with van der Waals surface area (Å²) in [5.74, 6) is 0.547. The minimum atomic E-state index is 0.547. The molecule has 0 aliphatic rings. The minimum absolute atomic E-state index is 0.547. The third-order valence-corrected chi connectivity index (χ3v) is 3.12. The van der Waals surface area contributed by atoms with Crippen molar-refractivity contribution in [1.82, 2.24) is 0 Å². The molecule has 1 aromatic rings. The van der Waals surface area contributed by atoms with Gasteiger partial charge in [0.15, 0.2) is 0 Å². The van der Waals surface area contributed by atoms with E-state index >= 15 is 0 Å². The lowest BCUT2D eigenvalue weighted by Crippen LogP contribution is -1.91. The normalized spacial score (nSPS) is 10.8. The molecule has 0 unspecified atom stereocenters. The predicted octanol–water partition coefficient (Wildman–Crippen LogP) is 4.36. The van der Waals surface area contributed by atoms with Crippen LogP contribution >= 0.6 is 21.7 Å². The highest BCUT2D eigenvalue weighted by Gasteiger charge is 2.07. The van der Waals surface area contributed by atoms with Gasteiger partial charge in [-0.2, -0.15) is 0 Å². The van der Waals surface area contributed by atoms with Crippen LogP contribution in [-0.4, -0.2) is 0 Å². The van der Waals surface area contributed by atoms with E-state index < -0.39 is 0 Å². The van der Waals surface area contributed by atoms with Crippen LogP contribution in [-0.2, 0) is 0 Å². The molecule has 0 aromatic heterocycles. The average Bonchev–Trinajstić information content (AvgIpc) is 2.03. The molecule has 0 aliphatic carbocycles. The van der Waals surface area contributed by atoms with Gasteiger partial charge >= 0.3 is 0 Å². The fraction of sp³-hybridized carbons (Fsp3) is 0.400. The maximum Gasteiger partial charge on any atom is 0.0297 e. The standard InChI is InChI=1S/C10H13ClS/c1-7(2)9-6-4-5-8(3)10(9)12-11/h4-7H,1-3H3. The van der Waals surface area contributed by atoms with Crippen molar-refractivity contribution >= 4 is 21.7 Å². The van der Waals surface area contributed by atoms with E-state index in [1.807, 2.05) is 0 Å². The van der Waals surface area contributed by atoms with Gasteiger partial charge in [-0.15, -0.1) is 0 Å². The van der Waals surface area contributed by atoms with Crippen molar-refractivity contribution in [2.45, 2.75) is 31.6 Å². The second kappa shape index (κ2) is 4.20. The molecular weight excluding hydrogens is 188 g/mol. The van der Waals surface area contributed by atoms with Crippen LogP contribution in [0, 0.1) is 6.92 Å². The second-order valence-corrected chi connectivity index (χ2v) is 4.25. The maximum atomic E-state index is 5.80. The van der Waals surface area contributed by atoms with Gasteiger partial charge in [-0.3, -0.25) is 0 Å². The van der Waals surface area contributed by atoms with Crippen LogP contribution in [0.2, 0.25) is 0 Å². The van der Waals surface area contributed by atoms with Crippen molar-refractivity contribution in [2.75, 3.05) is 0 Å². The molecule has 66 valence electrons. The molecule has 12 heavy (non-hydrogen) atoms. The lowest BCUT2D eigenvalue weighted by molar-refractivity contribution is 0.838. The van der Waals surface area contributed by atoms with Crippen molar-refractivity contribution in [1.29, 1.82) is 0 Å². The van der Waals surface area contributed by atoms with Crippen molar-refractivity contribution < 1.29 is 0 Å². The zero-order chi connectivity index (χ0) is 9.14. The average molecular weight is 201 g/mol. The Morgan fingerprint density at radius 3 is 2.42 bits per heavy atom. The summed E-state index contributed by atoms with van der Waals surface area (Å²) in [7, 11) is 7.12. The quantitative estimate of drug-likeness (QED) is 0.684. The molecule has 0 N–H and O–H groups in total. The summed E-state index contributed by atoms with van der Waals surface area (Å²) >= 11 is 0. The zero-order valence-electron chi connectivity index (χ0n) is 7.60. The van der Waals surface area contributed by atoms with Gasteiger partial charge in [-0.05, 0) is 45.6 Å². The number of halogens is 1. The first-order chi connectivity index (χ1) is 5.66. The van der Waals surface area contributed by atoms with Gasteiger partial charge in [-0.1, -0.05) is 32.0 Å². The van der Waals surface area contributed by atoms with Crippen LogP contribution in [0.15, 0.2) is 23.1 Å². The highest BCUT2D eigenvalue weighted by Crippen LogP contribution is 2.33. The van der Waals surface area contributed by atoms with Crippen LogP contribution in [0.1, 0.15) is 30.9 Å². The molecule has 2 heteroatoms. The first-order valence-corrected chi connectivity index (χ1v) is 5.69. The van der Waals surface area contributed by atoms with Gasteiger partial charge in [0.05, 0.1) is 0 Å². The highest BCUT2D eigenvalue weighted by molar-refractivity contribution is 8.21. The Hall–Kier alpha value is -0.140. The lowest BCUT2D eigenvalue weighted by atomic mass is 10.0. The van der Waals surface area contributed by atoms with Crippen LogP contribution in [0.25, 0.3) is 0 Å². The molecule has 0 spiro atoms. The molecule has 1 aromatic carbocycles. The summed E-state index contributed by atoms with van der Waals surface area (Å²) in [6.07, 6.45) is 0. The Labute approximate surface area is 82.8 Å². The van der Waals surface area contributed by atoms with E-state index in [1.54, 1.807) is 0 Å². The number of rotatable bonds is 2. The summed E-state index contributed by atoms with van der Waals surface area (Å²) in [4.78, 5) is 1.22. The molecule has 0 bridgehead atoms. The van der Waals surface area contributed by atoms with E-state index in [9.17, 15) is 0 Å². The third kappa shape index (κ3) is 1.96. The van der Waals surface area contributed by atoms with Crippen LogP contribution in [0.5, 0.6) is 0 Å². The highest BCUT2D eigenvalue weighted by atomic mass is 35.7. The second-order valence-electron chi connectivity index (χ2n) is 3.23. The molecule has 0 heterocycles. The Bertz CT molecular complexity index is 269. The Balaban J connectivity index is 3.18. The minimum Gasteiger partial charge on any atom is -0.0616 e. The van der Waals surface area contributed by atoms with E-state index in [0.717, 1.165) is 0 Å². The van der Waals surface area contributed by atoms with Gasteiger partial charge < -0.3 is 0 Å². The topological polar surface area (TPSA) is 0 Å². The SMILES string of the molecule is Cc1cccc(C(C)C)c1SCl. The van der Waals surface area contributed by atoms with Crippen molar-refractivity contribution in [3.63, 3.8) is 0 Å². The molecule has 0 saturated carbocycles. The number of benzene rings is 1. The van der Waals surface area contributed by atoms with Gasteiger partial charge in [0.2, 0.25) is 0 Å². The van der Waals surface area contributed by atoms with Crippen LogP contribution in [0.3, 0.4) is 0 Å². The summed E-state index contributed by atoms with van der Waals surface area (Å²) in [6, 6.07) is 6.32. The van der Waals surface area contributed by atoms with E-state index in [0.29, 0.717) is 5.92 Å². The molecule has 0 fully saturated rings. The third-order valence-electron chi connectivity index (χ3n) is 1.94. The molecule has 0 aliphatic heterocycles. The van der Waals surface area contributed by atoms with E-state index in [1.165, 1.54) is 27.0 Å². The first kappa shape index (κ1) is 9.94. The Morgan fingerprint density at radius 1 is 1.33 bits per heavy atom. The van der Waals surface area contributed by atoms with Gasteiger partial charge in [0, 0.05) is 4.90 Å². The fourth-order valence-corrected chi connectivity index (χ4v) is 2.45. The van der Waals surface area contributed by atoms with E-state index in [4.69, 9.17) is 10.7 Å².